The quantitative estimate of drug-likeness (QED) is 0.518. The molecule has 6 heteroatoms. The molecule has 0 unspecified atom stereocenters. The SMILES string of the molecule is CC(N)=C(C#N)C(=O)COC(=O)C1c2ccccc2Oc2ccccc21. The van der Waals surface area contributed by atoms with Crippen LogP contribution in [0.2, 0.25) is 0 Å². The Labute approximate surface area is 150 Å². The first kappa shape index (κ1) is 17.2. The fourth-order valence-electron chi connectivity index (χ4n) is 2.83. The first-order valence-electron chi connectivity index (χ1n) is 7.95. The van der Waals surface area contributed by atoms with E-state index in [0.717, 1.165) is 0 Å². The van der Waals surface area contributed by atoms with Crippen molar-refractivity contribution >= 4 is 11.8 Å². The minimum absolute atomic E-state index is 0.0929. The summed E-state index contributed by atoms with van der Waals surface area (Å²) in [4.78, 5) is 24.8. The third kappa shape index (κ3) is 3.15. The molecule has 0 saturated heterocycles. The number of nitrogens with zero attached hydrogens (tertiary/aromatic N) is 1. The lowest BCUT2D eigenvalue weighted by atomic mass is 9.88. The van der Waals surface area contributed by atoms with E-state index in [9.17, 15) is 9.59 Å². The summed E-state index contributed by atoms with van der Waals surface area (Å²) in [6.07, 6.45) is 0. The number of hydrogen-bond acceptors (Lipinski definition) is 6. The zero-order chi connectivity index (χ0) is 18.7. The Bertz CT molecular complexity index is 907. The standard InChI is InChI=1S/C20H16N2O4/c1-12(22)15(10-21)16(23)11-25-20(24)19-13-6-2-4-8-17(13)26-18-9-5-3-7-14(18)19/h2-9,19H,11,22H2,1H3. The monoisotopic (exact) mass is 348 g/mol. The number of nitrogens with two attached hydrogens (primary N) is 1. The number of carbonyl (C=O) groups excluding carboxylic acids is 2. The number of esters is 1. The van der Waals surface area contributed by atoms with E-state index >= 15 is 0 Å². The van der Waals surface area contributed by atoms with Crippen LogP contribution in [0.1, 0.15) is 24.0 Å². The summed E-state index contributed by atoms with van der Waals surface area (Å²) >= 11 is 0. The van der Waals surface area contributed by atoms with Gasteiger partial charge < -0.3 is 15.2 Å². The Morgan fingerprint density at radius 3 is 2.15 bits per heavy atom. The van der Waals surface area contributed by atoms with E-state index < -0.39 is 24.3 Å². The van der Waals surface area contributed by atoms with Crippen molar-refractivity contribution in [3.63, 3.8) is 0 Å². The van der Waals surface area contributed by atoms with Gasteiger partial charge in [-0.05, 0) is 19.1 Å². The van der Waals surface area contributed by atoms with Gasteiger partial charge in [-0.2, -0.15) is 5.26 Å². The highest BCUT2D eigenvalue weighted by Gasteiger charge is 2.34. The van der Waals surface area contributed by atoms with Crippen molar-refractivity contribution in [1.29, 1.82) is 5.26 Å². The Morgan fingerprint density at radius 1 is 1.12 bits per heavy atom. The lowest BCUT2D eigenvalue weighted by molar-refractivity contribution is -0.147. The van der Waals surface area contributed by atoms with E-state index in [2.05, 4.69) is 0 Å². The molecule has 0 spiro atoms. The number of Topliss-reactive ketones (excluding diaryl/α,β-unsaturated/α-hetero) is 1. The molecule has 2 aromatic rings. The molecule has 6 nitrogen and oxygen atoms in total. The second kappa shape index (κ2) is 7.11. The Kier molecular flexibility index (Phi) is 4.72. The molecular formula is C20H16N2O4. The lowest BCUT2D eigenvalue weighted by Crippen LogP contribution is -2.24. The van der Waals surface area contributed by atoms with Crippen LogP contribution in [0.5, 0.6) is 11.5 Å². The van der Waals surface area contributed by atoms with Gasteiger partial charge in [0.05, 0.1) is 0 Å². The van der Waals surface area contributed by atoms with Gasteiger partial charge in [0, 0.05) is 16.8 Å². The molecule has 0 bridgehead atoms. The van der Waals surface area contributed by atoms with Gasteiger partial charge in [-0.3, -0.25) is 9.59 Å². The van der Waals surface area contributed by atoms with Gasteiger partial charge in [-0.15, -0.1) is 0 Å². The van der Waals surface area contributed by atoms with Gasteiger partial charge >= 0.3 is 5.97 Å². The van der Waals surface area contributed by atoms with Crippen LogP contribution in [0.3, 0.4) is 0 Å². The van der Waals surface area contributed by atoms with Crippen molar-refractivity contribution in [2.45, 2.75) is 12.8 Å². The molecule has 0 saturated carbocycles. The van der Waals surface area contributed by atoms with Crippen molar-refractivity contribution < 1.29 is 19.1 Å². The van der Waals surface area contributed by atoms with E-state index in [-0.39, 0.29) is 11.3 Å². The van der Waals surface area contributed by atoms with Gasteiger partial charge in [0.1, 0.15) is 29.1 Å². The number of allylic oxidation sites excluding steroid dienone is 1. The summed E-state index contributed by atoms with van der Waals surface area (Å²) in [5.41, 5.74) is 6.72. The first-order chi connectivity index (χ1) is 12.5. The largest absolute Gasteiger partial charge is 0.457 e. The molecule has 0 radical (unpaired) electrons. The molecule has 0 fully saturated rings. The van der Waals surface area contributed by atoms with Crippen LogP contribution in [0.15, 0.2) is 59.8 Å². The van der Waals surface area contributed by atoms with E-state index in [1.54, 1.807) is 42.5 Å². The number of benzene rings is 2. The summed E-state index contributed by atoms with van der Waals surface area (Å²) in [5, 5.41) is 8.98. The van der Waals surface area contributed by atoms with Gasteiger partial charge in [-0.1, -0.05) is 36.4 Å². The van der Waals surface area contributed by atoms with Gasteiger partial charge in [0.2, 0.25) is 5.78 Å². The Morgan fingerprint density at radius 2 is 1.65 bits per heavy atom. The molecule has 1 aliphatic rings. The third-order valence-electron chi connectivity index (χ3n) is 4.05. The molecule has 130 valence electrons. The molecule has 0 amide bonds. The second-order valence-electron chi connectivity index (χ2n) is 5.81. The smallest absolute Gasteiger partial charge is 0.318 e. The van der Waals surface area contributed by atoms with E-state index in [1.807, 2.05) is 12.1 Å². The average Bonchev–Trinajstić information content (AvgIpc) is 2.64. The predicted octanol–water partition coefficient (Wildman–Crippen LogP) is 2.79. The van der Waals surface area contributed by atoms with Crippen molar-refractivity contribution in [1.82, 2.24) is 0 Å². The third-order valence-corrected chi connectivity index (χ3v) is 4.05. The molecule has 0 atom stereocenters. The summed E-state index contributed by atoms with van der Waals surface area (Å²) < 4.78 is 11.0. The van der Waals surface area contributed by atoms with Crippen molar-refractivity contribution in [2.24, 2.45) is 5.73 Å². The Hall–Kier alpha value is -3.59. The van der Waals surface area contributed by atoms with Crippen molar-refractivity contribution in [3.05, 3.63) is 70.9 Å². The molecule has 3 rings (SSSR count). The summed E-state index contributed by atoms with van der Waals surface area (Å²) in [6, 6.07) is 16.1. The molecule has 0 aromatic heterocycles. The average molecular weight is 348 g/mol. The molecule has 1 heterocycles. The molecule has 26 heavy (non-hydrogen) atoms. The maximum atomic E-state index is 12.7. The fraction of sp³-hybridized carbons (Fsp3) is 0.150. The van der Waals surface area contributed by atoms with Crippen LogP contribution in [0.25, 0.3) is 0 Å². The van der Waals surface area contributed by atoms with Crippen molar-refractivity contribution in [3.8, 4) is 17.6 Å². The van der Waals surface area contributed by atoms with Gasteiger partial charge in [0.25, 0.3) is 0 Å². The number of rotatable bonds is 4. The minimum atomic E-state index is -0.711. The van der Waals surface area contributed by atoms with Gasteiger partial charge in [-0.25, -0.2) is 0 Å². The van der Waals surface area contributed by atoms with E-state index in [0.29, 0.717) is 22.6 Å². The van der Waals surface area contributed by atoms with Crippen LogP contribution in [-0.2, 0) is 14.3 Å². The number of ether oxygens (including phenoxy) is 2. The number of ketones is 1. The molecule has 2 N–H and O–H groups in total. The second-order valence-corrected chi connectivity index (χ2v) is 5.81. The van der Waals surface area contributed by atoms with Crippen LogP contribution < -0.4 is 10.5 Å². The normalized spacial score (nSPS) is 13.4. The zero-order valence-corrected chi connectivity index (χ0v) is 14.1. The minimum Gasteiger partial charge on any atom is -0.457 e. The number of carbonyl (C=O) groups is 2. The highest BCUT2D eigenvalue weighted by atomic mass is 16.5. The maximum Gasteiger partial charge on any atom is 0.318 e. The Balaban J connectivity index is 1.87. The van der Waals surface area contributed by atoms with E-state index in [4.69, 9.17) is 20.5 Å². The topological polar surface area (TPSA) is 102 Å². The molecule has 1 aliphatic heterocycles. The maximum absolute atomic E-state index is 12.7. The first-order valence-corrected chi connectivity index (χ1v) is 7.95. The van der Waals surface area contributed by atoms with E-state index in [1.165, 1.54) is 6.92 Å². The van der Waals surface area contributed by atoms with Crippen molar-refractivity contribution in [2.75, 3.05) is 6.61 Å². The van der Waals surface area contributed by atoms with Crippen LogP contribution in [-0.4, -0.2) is 18.4 Å². The predicted molar refractivity (Wildman–Crippen MR) is 93.3 cm³/mol. The van der Waals surface area contributed by atoms with Crippen LogP contribution >= 0.6 is 0 Å². The summed E-state index contributed by atoms with van der Waals surface area (Å²) in [7, 11) is 0. The highest BCUT2D eigenvalue weighted by molar-refractivity contribution is 6.01. The highest BCUT2D eigenvalue weighted by Crippen LogP contribution is 2.44. The number of hydrogen-bond donors (Lipinski definition) is 1. The lowest BCUT2D eigenvalue weighted by Gasteiger charge is -2.26. The molecule has 2 aromatic carbocycles. The zero-order valence-electron chi connectivity index (χ0n) is 14.1. The summed E-state index contributed by atoms with van der Waals surface area (Å²) in [6.45, 7) is 0.904. The fourth-order valence-corrected chi connectivity index (χ4v) is 2.83. The van der Waals surface area contributed by atoms with Crippen LogP contribution in [0.4, 0.5) is 0 Å². The van der Waals surface area contributed by atoms with Crippen LogP contribution in [0, 0.1) is 11.3 Å². The number of nitriles is 1. The molecule has 0 aliphatic carbocycles. The number of fused-ring (bicyclic) bond motifs is 2. The number of para-hydroxylation sites is 2. The summed E-state index contributed by atoms with van der Waals surface area (Å²) in [5.74, 6) is -0.801. The molecular weight excluding hydrogens is 332 g/mol. The van der Waals surface area contributed by atoms with Gasteiger partial charge in [0.15, 0.2) is 6.61 Å².